The van der Waals surface area contributed by atoms with Gasteiger partial charge in [-0.2, -0.15) is 0 Å². The van der Waals surface area contributed by atoms with Crippen molar-refractivity contribution in [2.24, 2.45) is 0 Å². The number of fused-ring (bicyclic) bond motifs is 1. The van der Waals surface area contributed by atoms with Crippen LogP contribution in [0.4, 0.5) is 10.5 Å². The molecular formula is C20H21N3O3. The van der Waals surface area contributed by atoms with Gasteiger partial charge >= 0.3 is 6.03 Å². The lowest BCUT2D eigenvalue weighted by Crippen LogP contribution is -2.43. The van der Waals surface area contributed by atoms with Crippen molar-refractivity contribution < 1.29 is 14.6 Å². The number of nitrogens with one attached hydrogen (secondary N) is 2. The molecule has 3 rings (SSSR count). The molecule has 3 aromatic rings. The van der Waals surface area contributed by atoms with E-state index in [1.54, 1.807) is 12.4 Å². The SMILES string of the molecule is Cc1cccc(OC[C@H](CO)NC(=O)Nc2cccc3cnccc23)c1. The molecule has 1 heterocycles. The summed E-state index contributed by atoms with van der Waals surface area (Å²) in [4.78, 5) is 16.4. The summed E-state index contributed by atoms with van der Waals surface area (Å²) in [5.74, 6) is 0.701. The van der Waals surface area contributed by atoms with E-state index >= 15 is 0 Å². The largest absolute Gasteiger partial charge is 0.491 e. The van der Waals surface area contributed by atoms with E-state index in [9.17, 15) is 9.90 Å². The van der Waals surface area contributed by atoms with Gasteiger partial charge in [-0.25, -0.2) is 4.79 Å². The van der Waals surface area contributed by atoms with E-state index in [-0.39, 0.29) is 13.2 Å². The summed E-state index contributed by atoms with van der Waals surface area (Å²) in [5, 5.41) is 16.9. The van der Waals surface area contributed by atoms with Gasteiger partial charge in [-0.1, -0.05) is 24.3 Å². The van der Waals surface area contributed by atoms with Crippen molar-refractivity contribution >= 4 is 22.5 Å². The van der Waals surface area contributed by atoms with Gasteiger partial charge in [0.25, 0.3) is 0 Å². The average molecular weight is 351 g/mol. The number of hydrogen-bond acceptors (Lipinski definition) is 4. The van der Waals surface area contributed by atoms with Crippen LogP contribution in [-0.4, -0.2) is 35.4 Å². The lowest BCUT2D eigenvalue weighted by molar-refractivity contribution is 0.182. The number of nitrogens with zero attached hydrogens (tertiary/aromatic N) is 1. The smallest absolute Gasteiger partial charge is 0.319 e. The molecule has 0 unspecified atom stereocenters. The Hall–Kier alpha value is -3.12. The van der Waals surface area contributed by atoms with Crippen molar-refractivity contribution in [3.05, 3.63) is 66.5 Å². The molecule has 2 amide bonds. The molecule has 6 nitrogen and oxygen atoms in total. The second kappa shape index (κ2) is 8.31. The maximum atomic E-state index is 12.3. The van der Waals surface area contributed by atoms with Gasteiger partial charge in [-0.15, -0.1) is 0 Å². The average Bonchev–Trinajstić information content (AvgIpc) is 2.65. The number of carbonyl (C=O) groups excluding carboxylic acids is 1. The molecule has 0 aliphatic heterocycles. The van der Waals surface area contributed by atoms with Crippen LogP contribution in [0.3, 0.4) is 0 Å². The first-order chi connectivity index (χ1) is 12.7. The minimum absolute atomic E-state index is 0.173. The topological polar surface area (TPSA) is 83.5 Å². The van der Waals surface area contributed by atoms with Gasteiger partial charge in [-0.05, 0) is 36.8 Å². The number of ether oxygens (including phenoxy) is 1. The van der Waals surface area contributed by atoms with E-state index in [4.69, 9.17) is 4.74 Å². The number of aliphatic hydroxyl groups excluding tert-OH is 1. The fraction of sp³-hybridized carbons (Fsp3) is 0.200. The number of amides is 2. The number of benzene rings is 2. The molecule has 0 saturated carbocycles. The Morgan fingerprint density at radius 2 is 2.08 bits per heavy atom. The van der Waals surface area contributed by atoms with E-state index in [2.05, 4.69) is 15.6 Å². The number of pyridine rings is 1. The first-order valence-electron chi connectivity index (χ1n) is 8.36. The molecule has 0 spiro atoms. The van der Waals surface area contributed by atoms with E-state index in [1.165, 1.54) is 0 Å². The minimum Gasteiger partial charge on any atom is -0.491 e. The number of aliphatic hydroxyl groups is 1. The number of anilines is 1. The van der Waals surface area contributed by atoms with Crippen LogP contribution in [0.25, 0.3) is 10.8 Å². The van der Waals surface area contributed by atoms with Crippen molar-refractivity contribution in [3.8, 4) is 5.75 Å². The van der Waals surface area contributed by atoms with Crippen molar-refractivity contribution in [2.75, 3.05) is 18.5 Å². The van der Waals surface area contributed by atoms with Crippen LogP contribution in [0, 0.1) is 6.92 Å². The normalized spacial score (nSPS) is 11.8. The molecule has 0 saturated heterocycles. The summed E-state index contributed by atoms with van der Waals surface area (Å²) in [6, 6.07) is 14.1. The predicted octanol–water partition coefficient (Wildman–Crippen LogP) is 3.10. The van der Waals surface area contributed by atoms with Gasteiger partial charge in [0.05, 0.1) is 18.3 Å². The Morgan fingerprint density at radius 3 is 2.88 bits per heavy atom. The number of urea groups is 1. The molecule has 26 heavy (non-hydrogen) atoms. The Labute approximate surface area is 151 Å². The number of carbonyl (C=O) groups is 1. The van der Waals surface area contributed by atoms with Crippen LogP contribution in [0.5, 0.6) is 5.75 Å². The third kappa shape index (κ3) is 4.49. The standard InChI is InChI=1S/C20H21N3O3/c1-14-4-2-6-17(10-14)26-13-16(12-24)22-20(25)23-19-7-3-5-15-11-21-9-8-18(15)19/h2-11,16,24H,12-13H2,1H3,(H2,22,23,25)/t16-/m0/s1. The van der Waals surface area contributed by atoms with Gasteiger partial charge in [0.2, 0.25) is 0 Å². The minimum atomic E-state index is -0.521. The van der Waals surface area contributed by atoms with Gasteiger partial charge in [0.1, 0.15) is 12.4 Å². The highest BCUT2D eigenvalue weighted by atomic mass is 16.5. The molecule has 6 heteroatoms. The van der Waals surface area contributed by atoms with Crippen LogP contribution in [0.15, 0.2) is 60.9 Å². The second-order valence-corrected chi connectivity index (χ2v) is 6.01. The van der Waals surface area contributed by atoms with E-state index in [0.717, 1.165) is 16.3 Å². The highest BCUT2D eigenvalue weighted by Crippen LogP contribution is 2.22. The third-order valence-electron chi connectivity index (χ3n) is 3.93. The van der Waals surface area contributed by atoms with E-state index in [1.807, 2.05) is 55.5 Å². The zero-order valence-electron chi connectivity index (χ0n) is 14.5. The number of rotatable bonds is 6. The molecule has 0 bridgehead atoms. The van der Waals surface area contributed by atoms with Gasteiger partial charge in [0.15, 0.2) is 0 Å². The highest BCUT2D eigenvalue weighted by Gasteiger charge is 2.13. The van der Waals surface area contributed by atoms with Crippen molar-refractivity contribution in [2.45, 2.75) is 13.0 Å². The molecule has 0 radical (unpaired) electrons. The highest BCUT2D eigenvalue weighted by molar-refractivity contribution is 6.01. The van der Waals surface area contributed by atoms with Gasteiger partial charge in [0, 0.05) is 23.2 Å². The molecule has 134 valence electrons. The fourth-order valence-electron chi connectivity index (χ4n) is 2.62. The monoisotopic (exact) mass is 351 g/mol. The Balaban J connectivity index is 1.60. The van der Waals surface area contributed by atoms with Crippen LogP contribution in [-0.2, 0) is 0 Å². The summed E-state index contributed by atoms with van der Waals surface area (Å²) in [5.41, 5.74) is 1.76. The maximum Gasteiger partial charge on any atom is 0.319 e. The molecule has 0 aliphatic rings. The van der Waals surface area contributed by atoms with Gasteiger partial charge < -0.3 is 20.5 Å². The summed E-state index contributed by atoms with van der Waals surface area (Å²) in [7, 11) is 0. The lowest BCUT2D eigenvalue weighted by Gasteiger charge is -2.18. The Bertz CT molecular complexity index is 893. The Morgan fingerprint density at radius 1 is 1.23 bits per heavy atom. The first kappa shape index (κ1) is 17.7. The van der Waals surface area contributed by atoms with Crippen molar-refractivity contribution in [1.29, 1.82) is 0 Å². The third-order valence-corrected chi connectivity index (χ3v) is 3.93. The van der Waals surface area contributed by atoms with Crippen molar-refractivity contribution in [1.82, 2.24) is 10.3 Å². The number of aryl methyl sites for hydroxylation is 1. The van der Waals surface area contributed by atoms with E-state index in [0.29, 0.717) is 11.4 Å². The zero-order chi connectivity index (χ0) is 18.4. The summed E-state index contributed by atoms with van der Waals surface area (Å²) >= 11 is 0. The summed E-state index contributed by atoms with van der Waals surface area (Å²) in [6.07, 6.45) is 3.42. The zero-order valence-corrected chi connectivity index (χ0v) is 14.5. The number of hydrogen-bond donors (Lipinski definition) is 3. The quantitative estimate of drug-likeness (QED) is 0.637. The lowest BCUT2D eigenvalue weighted by atomic mass is 10.1. The van der Waals surface area contributed by atoms with Crippen molar-refractivity contribution in [3.63, 3.8) is 0 Å². The van der Waals surface area contributed by atoms with Crippen LogP contribution in [0.2, 0.25) is 0 Å². The molecule has 3 N–H and O–H groups in total. The maximum absolute atomic E-state index is 12.3. The first-order valence-corrected chi connectivity index (χ1v) is 8.36. The molecule has 1 atom stereocenters. The second-order valence-electron chi connectivity index (χ2n) is 6.01. The van der Waals surface area contributed by atoms with Crippen LogP contribution < -0.4 is 15.4 Å². The summed E-state index contributed by atoms with van der Waals surface area (Å²) in [6.45, 7) is 1.92. The fourth-order valence-corrected chi connectivity index (χ4v) is 2.62. The van der Waals surface area contributed by atoms with Gasteiger partial charge in [-0.3, -0.25) is 4.98 Å². The molecule has 2 aromatic carbocycles. The molecule has 1 aromatic heterocycles. The molecule has 0 aliphatic carbocycles. The number of aromatic nitrogens is 1. The summed E-state index contributed by atoms with van der Waals surface area (Å²) < 4.78 is 5.65. The molecular weight excluding hydrogens is 330 g/mol. The van der Waals surface area contributed by atoms with Crippen LogP contribution >= 0.6 is 0 Å². The molecule has 0 fully saturated rings. The van der Waals surface area contributed by atoms with Crippen LogP contribution in [0.1, 0.15) is 5.56 Å². The Kier molecular flexibility index (Phi) is 5.66. The predicted molar refractivity (Wildman–Crippen MR) is 101 cm³/mol. The van der Waals surface area contributed by atoms with E-state index < -0.39 is 12.1 Å².